The standard InChI is InChI=1S/C52H44N4O3/c1-5-53-45-30-48-43(27-33(45)3)52(44-28-34(4)46(54-6-2)31-49(44)58-48)42-20-14-13-19-41(42)50(57)56(52)55-32-35-21-23-39-36(29-35)22-24-47-40(39)25-26-51(59-47,37-15-9-7-10-16-37)38-17-11-8-12-18-38/h7-32,53-54H,5-6H2,1-4H3/b55-32+. The van der Waals surface area contributed by atoms with Crippen LogP contribution in [-0.2, 0) is 11.1 Å². The number of fused-ring (bicyclic) bond motifs is 9. The fourth-order valence-corrected chi connectivity index (χ4v) is 9.23. The van der Waals surface area contributed by atoms with E-state index in [0.29, 0.717) is 17.1 Å². The second-order valence-electron chi connectivity index (χ2n) is 15.5. The highest BCUT2D eigenvalue weighted by Crippen LogP contribution is 2.59. The summed E-state index contributed by atoms with van der Waals surface area (Å²) in [7, 11) is 0. The summed E-state index contributed by atoms with van der Waals surface area (Å²) in [5.41, 5.74) is 9.48. The molecule has 10 rings (SSSR count). The van der Waals surface area contributed by atoms with Crippen LogP contribution in [0.1, 0.15) is 74.3 Å². The van der Waals surface area contributed by atoms with Crippen molar-refractivity contribution >= 4 is 40.3 Å². The van der Waals surface area contributed by atoms with Crippen LogP contribution in [0.5, 0.6) is 17.2 Å². The van der Waals surface area contributed by atoms with Crippen LogP contribution in [0.3, 0.4) is 0 Å². The van der Waals surface area contributed by atoms with E-state index in [2.05, 4.69) is 160 Å². The highest BCUT2D eigenvalue weighted by molar-refractivity contribution is 6.03. The summed E-state index contributed by atoms with van der Waals surface area (Å²) in [6.45, 7) is 9.88. The topological polar surface area (TPSA) is 75.2 Å². The first-order valence-corrected chi connectivity index (χ1v) is 20.4. The molecule has 0 aliphatic carbocycles. The molecule has 0 fully saturated rings. The second kappa shape index (κ2) is 14.1. The monoisotopic (exact) mass is 772 g/mol. The van der Waals surface area contributed by atoms with Crippen LogP contribution in [0.25, 0.3) is 16.8 Å². The van der Waals surface area contributed by atoms with Crippen molar-refractivity contribution < 1.29 is 14.3 Å². The zero-order valence-electron chi connectivity index (χ0n) is 33.5. The minimum absolute atomic E-state index is 0.171. The number of nitrogens with one attached hydrogen (secondary N) is 2. The zero-order chi connectivity index (χ0) is 40.3. The molecule has 0 saturated carbocycles. The van der Waals surface area contributed by atoms with E-state index in [0.717, 1.165) is 91.1 Å². The highest BCUT2D eigenvalue weighted by atomic mass is 16.5. The van der Waals surface area contributed by atoms with Crippen molar-refractivity contribution in [2.45, 2.75) is 38.8 Å². The molecule has 7 heteroatoms. The van der Waals surface area contributed by atoms with Crippen LogP contribution in [0, 0.1) is 13.8 Å². The SMILES string of the molecule is CCNc1cc2c(cc1C)C1(c3cc(C)c(NCC)cc3O2)c2ccccc2C(=O)N1/N=C/c1ccc2c3c(ccc2c1)OC(c1ccccc1)(c1ccccc1)C=C3. The molecule has 0 atom stereocenters. The molecule has 290 valence electrons. The van der Waals surface area contributed by atoms with Crippen molar-refractivity contribution in [3.05, 3.63) is 201 Å². The van der Waals surface area contributed by atoms with Gasteiger partial charge in [-0.15, -0.1) is 0 Å². The number of rotatable bonds is 8. The van der Waals surface area contributed by atoms with Crippen molar-refractivity contribution in [3.8, 4) is 17.2 Å². The predicted octanol–water partition coefficient (Wildman–Crippen LogP) is 11.6. The molecule has 0 bridgehead atoms. The normalized spacial score (nSPS) is 15.3. The number of aryl methyl sites for hydroxylation is 2. The number of nitrogens with zero attached hydrogens (tertiary/aromatic N) is 2. The molecule has 1 amide bonds. The third-order valence-electron chi connectivity index (χ3n) is 12.0. The van der Waals surface area contributed by atoms with E-state index in [1.54, 1.807) is 11.2 Å². The maximum absolute atomic E-state index is 14.8. The van der Waals surface area contributed by atoms with Gasteiger partial charge in [-0.05, 0) is 97.6 Å². The summed E-state index contributed by atoms with van der Waals surface area (Å²) in [5, 5.41) is 15.9. The number of hydrogen-bond acceptors (Lipinski definition) is 6. The molecule has 0 unspecified atom stereocenters. The Kier molecular flexibility index (Phi) is 8.64. The molecule has 0 aromatic heterocycles. The lowest BCUT2D eigenvalue weighted by atomic mass is 9.74. The lowest BCUT2D eigenvalue weighted by Gasteiger charge is -2.42. The number of amides is 1. The summed E-state index contributed by atoms with van der Waals surface area (Å²) < 4.78 is 13.8. The average molecular weight is 773 g/mol. The summed E-state index contributed by atoms with van der Waals surface area (Å²) >= 11 is 0. The van der Waals surface area contributed by atoms with Crippen molar-refractivity contribution in [1.82, 2.24) is 5.01 Å². The Morgan fingerprint density at radius 1 is 0.661 bits per heavy atom. The number of carbonyl (C=O) groups is 1. The quantitative estimate of drug-likeness (QED) is 0.150. The Hall–Kier alpha value is -7.12. The molecule has 7 aromatic carbocycles. The third kappa shape index (κ3) is 5.56. The van der Waals surface area contributed by atoms with E-state index in [1.165, 1.54) is 0 Å². The molecule has 7 aromatic rings. The van der Waals surface area contributed by atoms with Gasteiger partial charge in [0.25, 0.3) is 5.91 Å². The van der Waals surface area contributed by atoms with Gasteiger partial charge < -0.3 is 20.1 Å². The van der Waals surface area contributed by atoms with E-state index >= 15 is 0 Å². The molecular formula is C52H44N4O3. The lowest BCUT2D eigenvalue weighted by molar-refractivity contribution is 0.0675. The third-order valence-corrected chi connectivity index (χ3v) is 12.0. The van der Waals surface area contributed by atoms with E-state index in [9.17, 15) is 4.79 Å². The van der Waals surface area contributed by atoms with E-state index in [-0.39, 0.29) is 5.91 Å². The number of ether oxygens (including phenoxy) is 2. The first-order chi connectivity index (χ1) is 28.8. The van der Waals surface area contributed by atoms with Crippen LogP contribution in [0.4, 0.5) is 11.4 Å². The number of benzene rings is 7. The van der Waals surface area contributed by atoms with Crippen molar-refractivity contribution in [2.75, 3.05) is 23.7 Å². The van der Waals surface area contributed by atoms with E-state index in [4.69, 9.17) is 14.6 Å². The molecule has 3 aliphatic rings. The van der Waals surface area contributed by atoms with Gasteiger partial charge in [0.15, 0.2) is 5.60 Å². The van der Waals surface area contributed by atoms with Gasteiger partial charge in [-0.2, -0.15) is 5.10 Å². The fourth-order valence-electron chi connectivity index (χ4n) is 9.23. The first-order valence-electron chi connectivity index (χ1n) is 20.4. The van der Waals surface area contributed by atoms with E-state index < -0.39 is 11.1 Å². The molecule has 3 aliphatic heterocycles. The zero-order valence-corrected chi connectivity index (χ0v) is 33.5. The van der Waals surface area contributed by atoms with Gasteiger partial charge in [-0.25, -0.2) is 5.01 Å². The van der Waals surface area contributed by atoms with Gasteiger partial charge in [-0.1, -0.05) is 97.1 Å². The maximum Gasteiger partial charge on any atom is 0.275 e. The van der Waals surface area contributed by atoms with Crippen LogP contribution >= 0.6 is 0 Å². The number of carbonyl (C=O) groups excluding carboxylic acids is 1. The Morgan fingerprint density at radius 3 is 1.90 bits per heavy atom. The highest BCUT2D eigenvalue weighted by Gasteiger charge is 2.57. The molecule has 0 radical (unpaired) electrons. The molecule has 7 nitrogen and oxygen atoms in total. The average Bonchev–Trinajstić information content (AvgIpc) is 3.51. The van der Waals surface area contributed by atoms with Crippen LogP contribution in [-0.4, -0.2) is 30.2 Å². The number of hydrazone groups is 1. The summed E-state index contributed by atoms with van der Waals surface area (Å²) in [5.74, 6) is 2.01. The van der Waals surface area contributed by atoms with Crippen molar-refractivity contribution in [2.24, 2.45) is 5.10 Å². The Morgan fingerprint density at radius 2 is 1.27 bits per heavy atom. The van der Waals surface area contributed by atoms with Gasteiger partial charge in [0.05, 0.1) is 6.21 Å². The van der Waals surface area contributed by atoms with Crippen molar-refractivity contribution in [3.63, 3.8) is 0 Å². The maximum atomic E-state index is 14.8. The van der Waals surface area contributed by atoms with Gasteiger partial charge in [0, 0.05) is 75.5 Å². The first kappa shape index (κ1) is 36.2. The minimum Gasteiger partial charge on any atom is -0.473 e. The van der Waals surface area contributed by atoms with Crippen LogP contribution in [0.15, 0.2) is 151 Å². The molecule has 0 saturated heterocycles. The molecular weight excluding hydrogens is 729 g/mol. The Bertz CT molecular complexity index is 2760. The Balaban J connectivity index is 1.09. The largest absolute Gasteiger partial charge is 0.473 e. The van der Waals surface area contributed by atoms with Crippen molar-refractivity contribution in [1.29, 1.82) is 0 Å². The van der Waals surface area contributed by atoms with Gasteiger partial charge in [-0.3, -0.25) is 4.79 Å². The van der Waals surface area contributed by atoms with Gasteiger partial charge in [0.1, 0.15) is 22.8 Å². The second-order valence-corrected chi connectivity index (χ2v) is 15.5. The summed E-state index contributed by atoms with van der Waals surface area (Å²) in [6.07, 6.45) is 6.16. The number of anilines is 2. The smallest absolute Gasteiger partial charge is 0.275 e. The van der Waals surface area contributed by atoms with Crippen LogP contribution < -0.4 is 20.1 Å². The molecule has 3 heterocycles. The Labute approximate surface area is 344 Å². The van der Waals surface area contributed by atoms with E-state index in [1.807, 2.05) is 30.3 Å². The summed E-state index contributed by atoms with van der Waals surface area (Å²) in [6, 6.07) is 47.5. The molecule has 2 N–H and O–H groups in total. The minimum atomic E-state index is -1.08. The lowest BCUT2D eigenvalue weighted by Crippen LogP contribution is -2.44. The fraction of sp³-hybridized carbons (Fsp3) is 0.154. The number of hydrogen-bond donors (Lipinski definition) is 2. The molecule has 1 spiro atoms. The summed E-state index contributed by atoms with van der Waals surface area (Å²) in [4.78, 5) is 14.8. The molecule has 59 heavy (non-hydrogen) atoms. The van der Waals surface area contributed by atoms with Crippen LogP contribution in [0.2, 0.25) is 0 Å². The van der Waals surface area contributed by atoms with Gasteiger partial charge in [0.2, 0.25) is 0 Å². The predicted molar refractivity (Wildman–Crippen MR) is 238 cm³/mol. The van der Waals surface area contributed by atoms with Gasteiger partial charge >= 0.3 is 0 Å².